The molecule has 1 amide bonds. The molecule has 2 heterocycles. The summed E-state index contributed by atoms with van der Waals surface area (Å²) in [6.07, 6.45) is 4.72. The molecule has 0 fully saturated rings. The molecule has 0 bridgehead atoms. The fourth-order valence-corrected chi connectivity index (χ4v) is 2.37. The van der Waals surface area contributed by atoms with Crippen LogP contribution in [0.2, 0.25) is 0 Å². The van der Waals surface area contributed by atoms with Crippen molar-refractivity contribution >= 4 is 23.3 Å². The molecule has 20 heavy (non-hydrogen) atoms. The summed E-state index contributed by atoms with van der Waals surface area (Å²) >= 11 is 1.73. The van der Waals surface area contributed by atoms with Gasteiger partial charge in [-0.2, -0.15) is 11.8 Å². The van der Waals surface area contributed by atoms with Crippen LogP contribution in [0.15, 0.2) is 24.4 Å². The summed E-state index contributed by atoms with van der Waals surface area (Å²) in [5.41, 5.74) is 6.39. The smallest absolute Gasteiger partial charge is 0.237 e. The monoisotopic (exact) mass is 293 g/mol. The Morgan fingerprint density at radius 2 is 2.30 bits per heavy atom. The summed E-state index contributed by atoms with van der Waals surface area (Å²) in [6.45, 7) is 1.67. The molecular weight excluding hydrogens is 274 g/mol. The van der Waals surface area contributed by atoms with Crippen molar-refractivity contribution in [2.24, 2.45) is 5.73 Å². The van der Waals surface area contributed by atoms with Gasteiger partial charge in [-0.25, -0.2) is 0 Å². The van der Waals surface area contributed by atoms with Gasteiger partial charge in [0.15, 0.2) is 11.5 Å². The zero-order valence-electron chi connectivity index (χ0n) is 11.6. The van der Waals surface area contributed by atoms with Crippen LogP contribution in [0.3, 0.4) is 0 Å². The van der Waals surface area contributed by atoms with E-state index in [2.05, 4.69) is 15.5 Å². The van der Waals surface area contributed by atoms with Crippen LogP contribution in [0.4, 0.5) is 0 Å². The number of amides is 1. The highest BCUT2D eigenvalue weighted by molar-refractivity contribution is 7.98. The lowest BCUT2D eigenvalue weighted by atomic mass is 10.2. The second kappa shape index (κ2) is 6.71. The number of pyridine rings is 1. The second-order valence-corrected chi connectivity index (χ2v) is 5.60. The van der Waals surface area contributed by atoms with E-state index in [1.807, 2.05) is 35.1 Å². The first-order valence-electron chi connectivity index (χ1n) is 6.48. The van der Waals surface area contributed by atoms with Gasteiger partial charge in [-0.15, -0.1) is 10.2 Å². The third-order valence-corrected chi connectivity index (χ3v) is 3.64. The Bertz CT molecular complexity index is 583. The van der Waals surface area contributed by atoms with Crippen molar-refractivity contribution < 1.29 is 4.79 Å². The van der Waals surface area contributed by atoms with Crippen molar-refractivity contribution in [2.45, 2.75) is 25.4 Å². The van der Waals surface area contributed by atoms with E-state index in [9.17, 15) is 4.79 Å². The van der Waals surface area contributed by atoms with Crippen LogP contribution in [0.5, 0.6) is 0 Å². The molecule has 0 saturated carbocycles. The number of carbonyl (C=O) groups is 1. The van der Waals surface area contributed by atoms with Gasteiger partial charge in [-0.05, 0) is 37.5 Å². The Morgan fingerprint density at radius 1 is 1.50 bits per heavy atom. The summed E-state index contributed by atoms with van der Waals surface area (Å²) < 4.78 is 1.90. The van der Waals surface area contributed by atoms with Crippen LogP contribution < -0.4 is 11.1 Å². The van der Waals surface area contributed by atoms with Crippen LogP contribution in [0.25, 0.3) is 5.65 Å². The molecule has 2 aromatic heterocycles. The molecule has 0 aliphatic carbocycles. The molecule has 0 aromatic carbocycles. The molecule has 3 N–H and O–H groups in total. The Labute approximate surface area is 122 Å². The van der Waals surface area contributed by atoms with Crippen molar-refractivity contribution in [2.75, 3.05) is 12.0 Å². The van der Waals surface area contributed by atoms with Crippen LogP contribution in [-0.2, 0) is 4.79 Å². The molecule has 2 atom stereocenters. The zero-order valence-corrected chi connectivity index (χ0v) is 12.4. The number of nitrogens with two attached hydrogens (primary N) is 1. The summed E-state index contributed by atoms with van der Waals surface area (Å²) in [4.78, 5) is 11.8. The number of nitrogens with zero attached hydrogens (tertiary/aromatic N) is 3. The first-order chi connectivity index (χ1) is 9.63. The van der Waals surface area contributed by atoms with Crippen LogP contribution in [-0.4, -0.2) is 38.6 Å². The lowest BCUT2D eigenvalue weighted by Crippen LogP contribution is -2.41. The number of carbonyl (C=O) groups excluding carboxylic acids is 1. The molecule has 2 unspecified atom stereocenters. The summed E-state index contributed by atoms with van der Waals surface area (Å²) in [7, 11) is 0. The fraction of sp³-hybridized carbons (Fsp3) is 0.462. The Kier molecular flexibility index (Phi) is 4.97. The highest BCUT2D eigenvalue weighted by Crippen LogP contribution is 2.18. The van der Waals surface area contributed by atoms with Crippen molar-refractivity contribution in [3.63, 3.8) is 0 Å². The van der Waals surface area contributed by atoms with Gasteiger partial charge < -0.3 is 11.1 Å². The van der Waals surface area contributed by atoms with Crippen molar-refractivity contribution in [1.29, 1.82) is 0 Å². The third-order valence-electron chi connectivity index (χ3n) is 2.99. The van der Waals surface area contributed by atoms with E-state index in [0.29, 0.717) is 0 Å². The van der Waals surface area contributed by atoms with Crippen LogP contribution >= 0.6 is 11.8 Å². The van der Waals surface area contributed by atoms with E-state index in [-0.39, 0.29) is 11.9 Å². The Morgan fingerprint density at radius 3 is 3.00 bits per heavy atom. The van der Waals surface area contributed by atoms with E-state index < -0.39 is 6.04 Å². The number of hydrogen-bond acceptors (Lipinski definition) is 5. The summed E-state index contributed by atoms with van der Waals surface area (Å²) in [5, 5.41) is 11.3. The largest absolute Gasteiger partial charge is 0.345 e. The summed E-state index contributed by atoms with van der Waals surface area (Å²) in [6, 6.07) is 4.99. The molecule has 2 aromatic rings. The highest BCUT2D eigenvalue weighted by Gasteiger charge is 2.21. The highest BCUT2D eigenvalue weighted by atomic mass is 32.2. The molecule has 7 heteroatoms. The van der Waals surface area contributed by atoms with Gasteiger partial charge in [-0.1, -0.05) is 6.07 Å². The van der Waals surface area contributed by atoms with E-state index in [1.165, 1.54) is 0 Å². The van der Waals surface area contributed by atoms with Crippen molar-refractivity contribution in [1.82, 2.24) is 19.9 Å². The van der Waals surface area contributed by atoms with Gasteiger partial charge in [0.25, 0.3) is 0 Å². The molecule has 6 nitrogen and oxygen atoms in total. The minimum absolute atomic E-state index is 0.177. The molecule has 0 aliphatic rings. The molecule has 0 aliphatic heterocycles. The Balaban J connectivity index is 2.27. The molecule has 108 valence electrons. The maximum atomic E-state index is 11.8. The number of aromatic nitrogens is 3. The van der Waals surface area contributed by atoms with Crippen LogP contribution in [0.1, 0.15) is 25.2 Å². The number of fused-ring (bicyclic) bond motifs is 1. The topological polar surface area (TPSA) is 85.3 Å². The van der Waals surface area contributed by atoms with Gasteiger partial charge in [0.1, 0.15) is 0 Å². The number of nitrogens with one attached hydrogen (secondary N) is 1. The van der Waals surface area contributed by atoms with E-state index in [1.54, 1.807) is 18.7 Å². The lowest BCUT2D eigenvalue weighted by molar-refractivity contribution is -0.122. The Hall–Kier alpha value is -1.60. The van der Waals surface area contributed by atoms with Gasteiger partial charge >= 0.3 is 0 Å². The fourth-order valence-electron chi connectivity index (χ4n) is 1.90. The maximum Gasteiger partial charge on any atom is 0.237 e. The number of hydrogen-bond donors (Lipinski definition) is 2. The average Bonchev–Trinajstić information content (AvgIpc) is 2.87. The molecular formula is C13H19N5OS. The maximum absolute atomic E-state index is 11.8. The summed E-state index contributed by atoms with van der Waals surface area (Å²) in [5.74, 6) is 1.48. The second-order valence-electron chi connectivity index (χ2n) is 4.62. The number of rotatable bonds is 6. The predicted molar refractivity (Wildman–Crippen MR) is 80.5 cm³/mol. The minimum atomic E-state index is -0.536. The molecule has 0 saturated heterocycles. The normalized spacial score (nSPS) is 14.2. The van der Waals surface area contributed by atoms with Gasteiger partial charge in [-0.3, -0.25) is 9.20 Å². The van der Waals surface area contributed by atoms with Gasteiger partial charge in [0, 0.05) is 6.20 Å². The molecule has 0 spiro atoms. The lowest BCUT2D eigenvalue weighted by Gasteiger charge is -2.18. The molecule has 2 rings (SSSR count). The predicted octanol–water partition coefficient (Wildman–Crippen LogP) is 0.987. The quantitative estimate of drug-likeness (QED) is 0.829. The van der Waals surface area contributed by atoms with Crippen molar-refractivity contribution in [3.8, 4) is 0 Å². The van der Waals surface area contributed by atoms with Crippen LogP contribution in [0, 0.1) is 0 Å². The third kappa shape index (κ3) is 3.29. The number of thioether (sulfide) groups is 1. The average molecular weight is 293 g/mol. The zero-order chi connectivity index (χ0) is 14.5. The van der Waals surface area contributed by atoms with E-state index >= 15 is 0 Å². The molecule has 0 radical (unpaired) electrons. The van der Waals surface area contributed by atoms with Gasteiger partial charge in [0.2, 0.25) is 5.91 Å². The first kappa shape index (κ1) is 14.8. The van der Waals surface area contributed by atoms with Crippen molar-refractivity contribution in [3.05, 3.63) is 30.2 Å². The van der Waals surface area contributed by atoms with E-state index in [4.69, 9.17) is 5.73 Å². The minimum Gasteiger partial charge on any atom is -0.345 e. The van der Waals surface area contributed by atoms with Gasteiger partial charge in [0.05, 0.1) is 12.1 Å². The SMILES string of the molecule is CSCCC(NC(=O)C(C)N)c1nnc2ccccn12. The standard InChI is InChI=1S/C13H19N5OS/c1-9(14)13(19)15-10(6-8-20-2)12-17-16-11-5-3-4-7-18(11)12/h3-5,7,9-10H,6,8,14H2,1-2H3,(H,15,19). The first-order valence-corrected chi connectivity index (χ1v) is 7.87. The van der Waals surface area contributed by atoms with E-state index in [0.717, 1.165) is 23.6 Å².